The Morgan fingerprint density at radius 1 is 1.06 bits per heavy atom. The monoisotopic (exact) mass is 277 g/mol. The molecule has 0 fully saturated rings. The molecule has 1 aromatic carbocycles. The summed E-state index contributed by atoms with van der Waals surface area (Å²) in [5.41, 5.74) is 0.803. The van der Waals surface area contributed by atoms with Crippen LogP contribution in [0.4, 0.5) is 0 Å². The normalized spacial score (nSPS) is 10.1. The zero-order valence-corrected chi connectivity index (χ0v) is 9.85. The summed E-state index contributed by atoms with van der Waals surface area (Å²) < 4.78 is 2.30. The first-order valence-corrected chi connectivity index (χ1v) is 5.45. The van der Waals surface area contributed by atoms with E-state index in [0.717, 1.165) is 4.47 Å². The zero-order chi connectivity index (χ0) is 11.5. The summed E-state index contributed by atoms with van der Waals surface area (Å²) in [6, 6.07) is 11.8. The fourth-order valence-electron chi connectivity index (χ4n) is 1.46. The third-order valence-corrected chi connectivity index (χ3v) is 2.72. The largest absolute Gasteiger partial charge is 0.296 e. The zero-order valence-electron chi connectivity index (χ0n) is 8.26. The van der Waals surface area contributed by atoms with Crippen LogP contribution in [0.3, 0.4) is 0 Å². The van der Waals surface area contributed by atoms with Gasteiger partial charge in [0.2, 0.25) is 0 Å². The number of pyridine rings is 1. The highest BCUT2D eigenvalue weighted by molar-refractivity contribution is 9.10. The van der Waals surface area contributed by atoms with Crippen molar-refractivity contribution in [2.45, 2.75) is 0 Å². The fourth-order valence-corrected chi connectivity index (χ4v) is 1.73. The molecule has 1 aromatic heterocycles. The maximum absolute atomic E-state index is 11.7. The van der Waals surface area contributed by atoms with Crippen LogP contribution in [0.1, 0.15) is 10.5 Å². The van der Waals surface area contributed by atoms with E-state index in [1.807, 2.05) is 12.1 Å². The lowest BCUT2D eigenvalue weighted by Crippen LogP contribution is -2.20. The second-order valence-corrected chi connectivity index (χ2v) is 4.13. The number of nitrogens with zero attached hydrogens (tertiary/aromatic N) is 1. The quantitative estimate of drug-likeness (QED) is 0.791. The van der Waals surface area contributed by atoms with Crippen LogP contribution < -0.4 is 5.56 Å². The van der Waals surface area contributed by atoms with Crippen LogP contribution in [0.25, 0.3) is 5.69 Å². The number of aromatic nitrogens is 1. The first kappa shape index (κ1) is 10.8. The fraction of sp³-hybridized carbons (Fsp3) is 0. The van der Waals surface area contributed by atoms with Gasteiger partial charge in [0.15, 0.2) is 6.29 Å². The summed E-state index contributed by atoms with van der Waals surface area (Å²) in [6.45, 7) is 0. The molecule has 4 heteroatoms. The third-order valence-electron chi connectivity index (χ3n) is 2.19. The highest BCUT2D eigenvalue weighted by atomic mass is 79.9. The van der Waals surface area contributed by atoms with Gasteiger partial charge in [-0.15, -0.1) is 0 Å². The second-order valence-electron chi connectivity index (χ2n) is 3.22. The van der Waals surface area contributed by atoms with Crippen molar-refractivity contribution in [2.75, 3.05) is 0 Å². The van der Waals surface area contributed by atoms with Crippen molar-refractivity contribution in [3.8, 4) is 5.69 Å². The molecule has 0 aliphatic heterocycles. The Labute approximate surface area is 100 Å². The molecule has 2 aromatic rings. The van der Waals surface area contributed by atoms with E-state index in [-0.39, 0.29) is 5.56 Å². The lowest BCUT2D eigenvalue weighted by molar-refractivity contribution is 0.111. The highest BCUT2D eigenvalue weighted by Gasteiger charge is 2.04. The molecule has 0 amide bonds. The number of hydrogen-bond donors (Lipinski definition) is 0. The average molecular weight is 278 g/mol. The van der Waals surface area contributed by atoms with E-state index in [4.69, 9.17) is 0 Å². The second kappa shape index (κ2) is 4.45. The van der Waals surface area contributed by atoms with Gasteiger partial charge in [-0.25, -0.2) is 0 Å². The van der Waals surface area contributed by atoms with Crippen LogP contribution in [0.2, 0.25) is 0 Å². The van der Waals surface area contributed by atoms with Crippen LogP contribution in [-0.4, -0.2) is 10.9 Å². The van der Waals surface area contributed by atoms with Crippen molar-refractivity contribution in [2.24, 2.45) is 0 Å². The standard InChI is InChI=1S/C12H8BrNO2/c13-9-4-6-10(7-5-9)14-11(8-15)2-1-3-12(14)16/h1-8H. The smallest absolute Gasteiger partial charge is 0.255 e. The summed E-state index contributed by atoms with van der Waals surface area (Å²) in [5, 5.41) is 0. The van der Waals surface area contributed by atoms with E-state index in [1.54, 1.807) is 24.3 Å². The minimum Gasteiger partial charge on any atom is -0.296 e. The number of aldehydes is 1. The van der Waals surface area contributed by atoms with E-state index < -0.39 is 0 Å². The van der Waals surface area contributed by atoms with E-state index in [9.17, 15) is 9.59 Å². The van der Waals surface area contributed by atoms with Gasteiger partial charge in [-0.05, 0) is 30.3 Å². The Hall–Kier alpha value is -1.68. The van der Waals surface area contributed by atoms with Gasteiger partial charge in [0.05, 0.1) is 5.69 Å². The first-order chi connectivity index (χ1) is 7.72. The van der Waals surface area contributed by atoms with E-state index in [0.29, 0.717) is 17.7 Å². The molecule has 0 aliphatic carbocycles. The van der Waals surface area contributed by atoms with Gasteiger partial charge in [0.25, 0.3) is 5.56 Å². The van der Waals surface area contributed by atoms with Crippen LogP contribution in [0.15, 0.2) is 51.7 Å². The predicted octanol–water partition coefficient (Wildman–Crippen LogP) is 2.41. The number of carbonyl (C=O) groups is 1. The van der Waals surface area contributed by atoms with Crippen molar-refractivity contribution in [1.82, 2.24) is 4.57 Å². The van der Waals surface area contributed by atoms with Crippen LogP contribution in [-0.2, 0) is 0 Å². The molecule has 16 heavy (non-hydrogen) atoms. The molecule has 0 radical (unpaired) electrons. The van der Waals surface area contributed by atoms with E-state index >= 15 is 0 Å². The van der Waals surface area contributed by atoms with Gasteiger partial charge in [-0.2, -0.15) is 0 Å². The molecule has 0 saturated heterocycles. The van der Waals surface area contributed by atoms with Gasteiger partial charge in [0, 0.05) is 16.2 Å². The lowest BCUT2D eigenvalue weighted by Gasteiger charge is -2.07. The third kappa shape index (κ3) is 1.97. The first-order valence-electron chi connectivity index (χ1n) is 4.65. The number of rotatable bonds is 2. The maximum atomic E-state index is 11.7. The SMILES string of the molecule is O=Cc1cccc(=O)n1-c1ccc(Br)cc1. The molecule has 0 saturated carbocycles. The number of benzene rings is 1. The summed E-state index contributed by atoms with van der Waals surface area (Å²) in [4.78, 5) is 22.5. The van der Waals surface area contributed by atoms with Gasteiger partial charge in [0.1, 0.15) is 0 Å². The summed E-state index contributed by atoms with van der Waals surface area (Å²) in [5.74, 6) is 0. The molecule has 1 heterocycles. The molecule has 0 unspecified atom stereocenters. The van der Waals surface area contributed by atoms with Crippen LogP contribution >= 0.6 is 15.9 Å². The average Bonchev–Trinajstić information content (AvgIpc) is 2.30. The Morgan fingerprint density at radius 3 is 2.38 bits per heavy atom. The molecular formula is C12H8BrNO2. The van der Waals surface area contributed by atoms with Crippen molar-refractivity contribution in [3.63, 3.8) is 0 Å². The van der Waals surface area contributed by atoms with Crippen molar-refractivity contribution >= 4 is 22.2 Å². The number of carbonyl (C=O) groups excluding carboxylic acids is 1. The van der Waals surface area contributed by atoms with Gasteiger partial charge < -0.3 is 0 Å². The van der Waals surface area contributed by atoms with E-state index in [2.05, 4.69) is 15.9 Å². The van der Waals surface area contributed by atoms with Crippen molar-refractivity contribution < 1.29 is 4.79 Å². The minimum absolute atomic E-state index is 0.216. The number of hydrogen-bond acceptors (Lipinski definition) is 2. The molecule has 0 aliphatic rings. The summed E-state index contributed by atoms with van der Waals surface area (Å²) >= 11 is 3.32. The van der Waals surface area contributed by atoms with E-state index in [1.165, 1.54) is 10.6 Å². The molecule has 0 spiro atoms. The molecule has 2 rings (SSSR count). The Morgan fingerprint density at radius 2 is 1.75 bits per heavy atom. The highest BCUT2D eigenvalue weighted by Crippen LogP contribution is 2.13. The minimum atomic E-state index is -0.216. The topological polar surface area (TPSA) is 39.1 Å². The maximum Gasteiger partial charge on any atom is 0.255 e. The van der Waals surface area contributed by atoms with Crippen molar-refractivity contribution in [3.05, 3.63) is 63.0 Å². The van der Waals surface area contributed by atoms with Gasteiger partial charge in [-0.3, -0.25) is 14.2 Å². The molecule has 0 N–H and O–H groups in total. The molecule has 80 valence electrons. The Bertz CT molecular complexity index is 572. The van der Waals surface area contributed by atoms with Crippen molar-refractivity contribution in [1.29, 1.82) is 0 Å². The van der Waals surface area contributed by atoms with Gasteiger partial charge in [-0.1, -0.05) is 22.0 Å². The van der Waals surface area contributed by atoms with Gasteiger partial charge >= 0.3 is 0 Å². The summed E-state index contributed by atoms with van der Waals surface area (Å²) in [6.07, 6.45) is 0.670. The number of halogens is 1. The Balaban J connectivity index is 2.68. The molecule has 3 nitrogen and oxygen atoms in total. The Kier molecular flexibility index (Phi) is 3.01. The lowest BCUT2D eigenvalue weighted by atomic mass is 10.3. The molecule has 0 bridgehead atoms. The molecular weight excluding hydrogens is 270 g/mol. The predicted molar refractivity (Wildman–Crippen MR) is 65.1 cm³/mol. The summed E-state index contributed by atoms with van der Waals surface area (Å²) in [7, 11) is 0. The van der Waals surface area contributed by atoms with Crippen LogP contribution in [0, 0.1) is 0 Å². The molecule has 0 atom stereocenters. The van der Waals surface area contributed by atoms with Crippen LogP contribution in [0.5, 0.6) is 0 Å².